The third kappa shape index (κ3) is 5.73. The highest BCUT2D eigenvalue weighted by Crippen LogP contribution is 2.08. The minimum Gasteiger partial charge on any atom is -0.385 e. The molecule has 16 heavy (non-hydrogen) atoms. The molecule has 0 saturated carbocycles. The van der Waals surface area contributed by atoms with E-state index < -0.39 is 0 Å². The SMILES string of the molecule is Cc1cccc(NCCCNCCCN)c1. The van der Waals surface area contributed by atoms with Gasteiger partial charge in [-0.15, -0.1) is 0 Å². The van der Waals surface area contributed by atoms with Crippen LogP contribution in [-0.2, 0) is 0 Å². The standard InChI is InChI=1S/C13H23N3/c1-12-5-2-6-13(11-12)16-10-4-9-15-8-3-7-14/h2,5-6,11,15-16H,3-4,7-10,14H2,1H3. The number of hydrogen-bond donors (Lipinski definition) is 3. The molecule has 0 aromatic heterocycles. The van der Waals surface area contributed by atoms with Crippen LogP contribution >= 0.6 is 0 Å². The zero-order valence-electron chi connectivity index (χ0n) is 10.1. The van der Waals surface area contributed by atoms with Crippen molar-refractivity contribution in [3.8, 4) is 0 Å². The van der Waals surface area contributed by atoms with Gasteiger partial charge in [0, 0.05) is 12.2 Å². The van der Waals surface area contributed by atoms with E-state index in [9.17, 15) is 0 Å². The molecule has 1 aromatic carbocycles. The Labute approximate surface area is 98.4 Å². The van der Waals surface area contributed by atoms with Crippen LogP contribution in [0.2, 0.25) is 0 Å². The summed E-state index contributed by atoms with van der Waals surface area (Å²) in [7, 11) is 0. The molecule has 0 aliphatic heterocycles. The first-order chi connectivity index (χ1) is 7.83. The van der Waals surface area contributed by atoms with Crippen LogP contribution in [0, 0.1) is 6.92 Å². The highest BCUT2D eigenvalue weighted by Gasteiger charge is 1.92. The van der Waals surface area contributed by atoms with Crippen LogP contribution < -0.4 is 16.4 Å². The predicted octanol–water partition coefficient (Wildman–Crippen LogP) is 1.74. The highest BCUT2D eigenvalue weighted by molar-refractivity contribution is 5.45. The number of anilines is 1. The van der Waals surface area contributed by atoms with Crippen LogP contribution in [0.15, 0.2) is 24.3 Å². The normalized spacial score (nSPS) is 10.4. The molecule has 0 spiro atoms. The number of nitrogens with one attached hydrogen (secondary N) is 2. The molecule has 0 aliphatic carbocycles. The van der Waals surface area contributed by atoms with Gasteiger partial charge < -0.3 is 16.4 Å². The van der Waals surface area contributed by atoms with Crippen molar-refractivity contribution in [3.63, 3.8) is 0 Å². The Kier molecular flexibility index (Phi) is 6.61. The zero-order chi connectivity index (χ0) is 11.6. The van der Waals surface area contributed by atoms with E-state index in [0.717, 1.165) is 39.0 Å². The van der Waals surface area contributed by atoms with Crippen LogP contribution in [0.4, 0.5) is 5.69 Å². The minimum atomic E-state index is 0.772. The lowest BCUT2D eigenvalue weighted by molar-refractivity contribution is 0.637. The van der Waals surface area contributed by atoms with Crippen molar-refractivity contribution in [3.05, 3.63) is 29.8 Å². The molecule has 0 saturated heterocycles. The minimum absolute atomic E-state index is 0.772. The van der Waals surface area contributed by atoms with Crippen LogP contribution in [0.1, 0.15) is 18.4 Å². The van der Waals surface area contributed by atoms with Crippen molar-refractivity contribution in [1.82, 2.24) is 5.32 Å². The van der Waals surface area contributed by atoms with Crippen LogP contribution in [-0.4, -0.2) is 26.2 Å². The highest BCUT2D eigenvalue weighted by atomic mass is 14.9. The molecule has 1 aromatic rings. The first-order valence-corrected chi connectivity index (χ1v) is 6.04. The third-order valence-electron chi connectivity index (χ3n) is 2.44. The van der Waals surface area contributed by atoms with Crippen molar-refractivity contribution < 1.29 is 0 Å². The number of rotatable bonds is 8. The Morgan fingerprint density at radius 3 is 2.69 bits per heavy atom. The van der Waals surface area contributed by atoms with Gasteiger partial charge in [0.25, 0.3) is 0 Å². The molecule has 4 N–H and O–H groups in total. The van der Waals surface area contributed by atoms with Crippen molar-refractivity contribution >= 4 is 5.69 Å². The second-order valence-electron chi connectivity index (χ2n) is 4.04. The summed E-state index contributed by atoms with van der Waals surface area (Å²) in [4.78, 5) is 0. The molecule has 0 heterocycles. The van der Waals surface area contributed by atoms with Crippen molar-refractivity contribution in [1.29, 1.82) is 0 Å². The fourth-order valence-electron chi connectivity index (χ4n) is 1.55. The third-order valence-corrected chi connectivity index (χ3v) is 2.44. The average molecular weight is 221 g/mol. The van der Waals surface area contributed by atoms with Crippen LogP contribution in [0.25, 0.3) is 0 Å². The maximum atomic E-state index is 5.41. The van der Waals surface area contributed by atoms with Crippen molar-refractivity contribution in [2.75, 3.05) is 31.5 Å². The average Bonchev–Trinajstić information content (AvgIpc) is 2.28. The first-order valence-electron chi connectivity index (χ1n) is 6.04. The summed E-state index contributed by atoms with van der Waals surface area (Å²) in [6.07, 6.45) is 2.20. The van der Waals surface area contributed by atoms with Gasteiger partial charge in [0.05, 0.1) is 0 Å². The second kappa shape index (κ2) is 8.13. The van der Waals surface area contributed by atoms with Gasteiger partial charge in [-0.2, -0.15) is 0 Å². The molecule has 90 valence electrons. The molecule has 0 bridgehead atoms. The van der Waals surface area contributed by atoms with Gasteiger partial charge in [0.15, 0.2) is 0 Å². The Bertz CT molecular complexity index is 286. The Morgan fingerprint density at radius 1 is 1.12 bits per heavy atom. The van der Waals surface area contributed by atoms with Gasteiger partial charge in [-0.25, -0.2) is 0 Å². The molecule has 1 rings (SSSR count). The largest absolute Gasteiger partial charge is 0.385 e. The summed E-state index contributed by atoms with van der Waals surface area (Å²) in [5.41, 5.74) is 7.91. The van der Waals surface area contributed by atoms with E-state index >= 15 is 0 Å². The topological polar surface area (TPSA) is 50.1 Å². The summed E-state index contributed by atoms with van der Waals surface area (Å²) in [5, 5.41) is 6.78. The fourth-order valence-corrected chi connectivity index (χ4v) is 1.55. The Hall–Kier alpha value is -1.06. The molecule has 0 fully saturated rings. The van der Waals surface area contributed by atoms with E-state index in [1.807, 2.05) is 0 Å². The Balaban J connectivity index is 2.03. The molecular formula is C13H23N3. The molecule has 0 radical (unpaired) electrons. The lowest BCUT2D eigenvalue weighted by atomic mass is 10.2. The lowest BCUT2D eigenvalue weighted by Gasteiger charge is -2.07. The maximum Gasteiger partial charge on any atom is 0.0342 e. The van der Waals surface area contributed by atoms with Crippen molar-refractivity contribution in [2.24, 2.45) is 5.73 Å². The summed E-state index contributed by atoms with van der Waals surface area (Å²) < 4.78 is 0. The molecule has 0 amide bonds. The van der Waals surface area contributed by atoms with Crippen LogP contribution in [0.5, 0.6) is 0 Å². The summed E-state index contributed by atoms with van der Waals surface area (Å²) in [6, 6.07) is 8.47. The number of benzene rings is 1. The van der Waals surface area contributed by atoms with E-state index in [2.05, 4.69) is 41.8 Å². The van der Waals surface area contributed by atoms with E-state index in [-0.39, 0.29) is 0 Å². The summed E-state index contributed by atoms with van der Waals surface area (Å²) in [6.45, 7) is 5.98. The molecule has 0 atom stereocenters. The fraction of sp³-hybridized carbons (Fsp3) is 0.538. The van der Waals surface area contributed by atoms with Gasteiger partial charge in [-0.05, 0) is 57.1 Å². The molecule has 3 nitrogen and oxygen atoms in total. The number of hydrogen-bond acceptors (Lipinski definition) is 3. The molecule has 3 heteroatoms. The van der Waals surface area contributed by atoms with Gasteiger partial charge in [-0.3, -0.25) is 0 Å². The monoisotopic (exact) mass is 221 g/mol. The van der Waals surface area contributed by atoms with Crippen LogP contribution in [0.3, 0.4) is 0 Å². The van der Waals surface area contributed by atoms with E-state index in [0.29, 0.717) is 0 Å². The molecule has 0 unspecified atom stereocenters. The second-order valence-corrected chi connectivity index (χ2v) is 4.04. The van der Waals surface area contributed by atoms with E-state index in [1.165, 1.54) is 11.3 Å². The number of aryl methyl sites for hydroxylation is 1. The molecular weight excluding hydrogens is 198 g/mol. The van der Waals surface area contributed by atoms with E-state index in [4.69, 9.17) is 5.73 Å². The number of nitrogens with two attached hydrogens (primary N) is 1. The zero-order valence-corrected chi connectivity index (χ0v) is 10.1. The quantitative estimate of drug-likeness (QED) is 0.586. The smallest absolute Gasteiger partial charge is 0.0342 e. The maximum absolute atomic E-state index is 5.41. The van der Waals surface area contributed by atoms with Gasteiger partial charge in [0.2, 0.25) is 0 Å². The molecule has 0 aliphatic rings. The Morgan fingerprint density at radius 2 is 1.94 bits per heavy atom. The van der Waals surface area contributed by atoms with Gasteiger partial charge >= 0.3 is 0 Å². The van der Waals surface area contributed by atoms with Gasteiger partial charge in [0.1, 0.15) is 0 Å². The predicted molar refractivity (Wildman–Crippen MR) is 70.8 cm³/mol. The first kappa shape index (κ1) is 13.0. The lowest BCUT2D eigenvalue weighted by Crippen LogP contribution is -2.21. The summed E-state index contributed by atoms with van der Waals surface area (Å²) >= 11 is 0. The summed E-state index contributed by atoms with van der Waals surface area (Å²) in [5.74, 6) is 0. The van der Waals surface area contributed by atoms with Crippen molar-refractivity contribution in [2.45, 2.75) is 19.8 Å². The van der Waals surface area contributed by atoms with E-state index in [1.54, 1.807) is 0 Å². The van der Waals surface area contributed by atoms with Gasteiger partial charge in [-0.1, -0.05) is 12.1 Å².